The standard InChI is InChI=1S/C13H21NO4/c1-5-7-10(8(3)6-2)14-11(13(17)18)9(4)12(15)16/h8H,5-7H2,1-4H3,(H,15,16)(H,17,18). The summed E-state index contributed by atoms with van der Waals surface area (Å²) in [5, 5.41) is 17.9. The maximum Gasteiger partial charge on any atom is 0.355 e. The lowest BCUT2D eigenvalue weighted by molar-refractivity contribution is -0.135. The maximum absolute atomic E-state index is 11.1. The number of aliphatic imine (C=N–C) groups is 1. The Balaban J connectivity index is 5.56. The Kier molecular flexibility index (Phi) is 6.93. The molecule has 0 fully saturated rings. The van der Waals surface area contributed by atoms with E-state index < -0.39 is 11.9 Å². The third-order valence-corrected chi connectivity index (χ3v) is 2.82. The smallest absolute Gasteiger partial charge is 0.355 e. The topological polar surface area (TPSA) is 87.0 Å². The molecule has 0 aliphatic heterocycles. The summed E-state index contributed by atoms with van der Waals surface area (Å²) in [6.45, 7) is 7.19. The average molecular weight is 255 g/mol. The number of rotatable bonds is 7. The molecule has 0 spiro atoms. The van der Waals surface area contributed by atoms with Crippen molar-refractivity contribution < 1.29 is 19.8 Å². The molecule has 0 aliphatic rings. The number of carbonyl (C=O) groups is 2. The normalized spacial score (nSPS) is 15.0. The molecule has 0 bridgehead atoms. The molecule has 0 amide bonds. The summed E-state index contributed by atoms with van der Waals surface area (Å²) in [5.41, 5.74) is 0.142. The molecule has 0 rings (SSSR count). The second-order valence-electron chi connectivity index (χ2n) is 4.25. The van der Waals surface area contributed by atoms with Gasteiger partial charge < -0.3 is 10.2 Å². The lowest BCUT2D eigenvalue weighted by Crippen LogP contribution is -2.14. The van der Waals surface area contributed by atoms with E-state index in [0.29, 0.717) is 6.42 Å². The quantitative estimate of drug-likeness (QED) is 0.541. The van der Waals surface area contributed by atoms with E-state index in [0.717, 1.165) is 18.6 Å². The van der Waals surface area contributed by atoms with Crippen molar-refractivity contribution in [2.24, 2.45) is 10.9 Å². The first-order valence-corrected chi connectivity index (χ1v) is 6.09. The molecule has 0 aliphatic carbocycles. The minimum Gasteiger partial charge on any atom is -0.478 e. The number of carboxylic acid groups (broad SMARTS) is 2. The van der Waals surface area contributed by atoms with Crippen LogP contribution in [0.15, 0.2) is 16.3 Å². The van der Waals surface area contributed by atoms with Crippen molar-refractivity contribution >= 4 is 17.7 Å². The summed E-state index contributed by atoms with van der Waals surface area (Å²) in [6.07, 6.45) is 2.37. The molecule has 0 aromatic carbocycles. The molecule has 5 heteroatoms. The van der Waals surface area contributed by atoms with Crippen LogP contribution in [0.3, 0.4) is 0 Å². The van der Waals surface area contributed by atoms with Gasteiger partial charge in [-0.15, -0.1) is 0 Å². The van der Waals surface area contributed by atoms with Crippen LogP contribution >= 0.6 is 0 Å². The van der Waals surface area contributed by atoms with Gasteiger partial charge in [0.2, 0.25) is 0 Å². The van der Waals surface area contributed by atoms with Crippen LogP contribution in [0, 0.1) is 5.92 Å². The van der Waals surface area contributed by atoms with Gasteiger partial charge >= 0.3 is 11.9 Å². The highest BCUT2D eigenvalue weighted by Gasteiger charge is 2.18. The highest BCUT2D eigenvalue weighted by atomic mass is 16.4. The van der Waals surface area contributed by atoms with Crippen molar-refractivity contribution in [3.05, 3.63) is 11.3 Å². The van der Waals surface area contributed by atoms with Crippen molar-refractivity contribution in [3.8, 4) is 0 Å². The molecule has 0 saturated heterocycles. The Morgan fingerprint density at radius 1 is 1.17 bits per heavy atom. The zero-order chi connectivity index (χ0) is 14.3. The molecule has 0 heterocycles. The summed E-state index contributed by atoms with van der Waals surface area (Å²) in [7, 11) is 0. The SMILES string of the molecule is CCCC(=NC(C(=O)O)=C(C)C(=O)O)C(C)CC. The highest BCUT2D eigenvalue weighted by Crippen LogP contribution is 2.15. The molecular weight excluding hydrogens is 234 g/mol. The number of carboxylic acids is 2. The first-order chi connectivity index (χ1) is 8.34. The average Bonchev–Trinajstić information content (AvgIpc) is 2.31. The second-order valence-corrected chi connectivity index (χ2v) is 4.25. The zero-order valence-corrected chi connectivity index (χ0v) is 11.4. The first-order valence-electron chi connectivity index (χ1n) is 6.09. The summed E-state index contributed by atoms with van der Waals surface area (Å²) < 4.78 is 0. The van der Waals surface area contributed by atoms with Crippen molar-refractivity contribution in [3.63, 3.8) is 0 Å². The lowest BCUT2D eigenvalue weighted by atomic mass is 9.98. The fraction of sp³-hybridized carbons (Fsp3) is 0.615. The van der Waals surface area contributed by atoms with Crippen LogP contribution in [0.2, 0.25) is 0 Å². The van der Waals surface area contributed by atoms with E-state index >= 15 is 0 Å². The van der Waals surface area contributed by atoms with E-state index in [1.807, 2.05) is 20.8 Å². The van der Waals surface area contributed by atoms with E-state index in [9.17, 15) is 9.59 Å². The molecule has 0 radical (unpaired) electrons. The lowest BCUT2D eigenvalue weighted by Gasteiger charge is -2.12. The Morgan fingerprint density at radius 2 is 1.72 bits per heavy atom. The Morgan fingerprint density at radius 3 is 2.06 bits per heavy atom. The van der Waals surface area contributed by atoms with Gasteiger partial charge in [0.15, 0.2) is 5.70 Å². The molecule has 1 atom stereocenters. The minimum atomic E-state index is -1.30. The van der Waals surface area contributed by atoms with Gasteiger partial charge in [-0.2, -0.15) is 0 Å². The highest BCUT2D eigenvalue weighted by molar-refractivity contribution is 6.01. The molecule has 0 aromatic rings. The monoisotopic (exact) mass is 255 g/mol. The summed E-state index contributed by atoms with van der Waals surface area (Å²) in [5.74, 6) is -2.40. The van der Waals surface area contributed by atoms with E-state index in [2.05, 4.69) is 4.99 Å². The van der Waals surface area contributed by atoms with Gasteiger partial charge in [0.1, 0.15) is 0 Å². The van der Waals surface area contributed by atoms with Gasteiger partial charge in [0, 0.05) is 5.71 Å². The first kappa shape index (κ1) is 16.4. The zero-order valence-electron chi connectivity index (χ0n) is 11.4. The number of aliphatic carboxylic acids is 2. The summed E-state index contributed by atoms with van der Waals surface area (Å²) >= 11 is 0. The van der Waals surface area contributed by atoms with E-state index in [4.69, 9.17) is 10.2 Å². The number of nitrogens with zero attached hydrogens (tertiary/aromatic N) is 1. The molecule has 102 valence electrons. The summed E-state index contributed by atoms with van der Waals surface area (Å²) in [4.78, 5) is 26.0. The predicted molar refractivity (Wildman–Crippen MR) is 69.8 cm³/mol. The fourth-order valence-corrected chi connectivity index (χ4v) is 1.44. The minimum absolute atomic E-state index is 0.154. The third kappa shape index (κ3) is 4.69. The molecular formula is C13H21NO4. The van der Waals surface area contributed by atoms with Crippen LogP contribution in [0.1, 0.15) is 47.0 Å². The van der Waals surface area contributed by atoms with Crippen LogP contribution in [0.4, 0.5) is 0 Å². The fourth-order valence-electron chi connectivity index (χ4n) is 1.44. The van der Waals surface area contributed by atoms with Crippen molar-refractivity contribution in [2.75, 3.05) is 0 Å². The van der Waals surface area contributed by atoms with Gasteiger partial charge in [-0.3, -0.25) is 0 Å². The van der Waals surface area contributed by atoms with E-state index in [1.54, 1.807) is 0 Å². The van der Waals surface area contributed by atoms with Crippen LogP contribution in [0.5, 0.6) is 0 Å². The molecule has 2 N–H and O–H groups in total. The van der Waals surface area contributed by atoms with Crippen molar-refractivity contribution in [1.29, 1.82) is 0 Å². The summed E-state index contributed by atoms with van der Waals surface area (Å²) in [6, 6.07) is 0. The van der Waals surface area contributed by atoms with Crippen LogP contribution in [-0.2, 0) is 9.59 Å². The van der Waals surface area contributed by atoms with Crippen molar-refractivity contribution in [2.45, 2.75) is 47.0 Å². The van der Waals surface area contributed by atoms with Crippen LogP contribution < -0.4 is 0 Å². The number of hydrogen-bond acceptors (Lipinski definition) is 3. The molecule has 5 nitrogen and oxygen atoms in total. The van der Waals surface area contributed by atoms with Gasteiger partial charge in [-0.05, 0) is 25.7 Å². The molecule has 18 heavy (non-hydrogen) atoms. The van der Waals surface area contributed by atoms with Crippen molar-refractivity contribution in [1.82, 2.24) is 0 Å². The Hall–Kier alpha value is -1.65. The molecule has 1 unspecified atom stereocenters. The van der Waals surface area contributed by atoms with Gasteiger partial charge in [0.25, 0.3) is 0 Å². The van der Waals surface area contributed by atoms with Gasteiger partial charge in [-0.25, -0.2) is 14.6 Å². The Bertz CT molecular complexity index is 382. The number of hydrogen-bond donors (Lipinski definition) is 2. The van der Waals surface area contributed by atoms with Gasteiger partial charge in [-0.1, -0.05) is 27.2 Å². The van der Waals surface area contributed by atoms with Crippen LogP contribution in [-0.4, -0.2) is 27.9 Å². The second kappa shape index (κ2) is 7.63. The van der Waals surface area contributed by atoms with E-state index in [-0.39, 0.29) is 17.2 Å². The third-order valence-electron chi connectivity index (χ3n) is 2.82. The van der Waals surface area contributed by atoms with Crippen LogP contribution in [0.25, 0.3) is 0 Å². The molecule has 0 aromatic heterocycles. The maximum atomic E-state index is 11.1. The molecule has 0 saturated carbocycles. The largest absolute Gasteiger partial charge is 0.478 e. The van der Waals surface area contributed by atoms with Gasteiger partial charge in [0.05, 0.1) is 5.57 Å². The predicted octanol–water partition coefficient (Wildman–Crippen LogP) is 2.72. The van der Waals surface area contributed by atoms with E-state index in [1.165, 1.54) is 6.92 Å². The Labute approximate surface area is 107 Å².